The summed E-state index contributed by atoms with van der Waals surface area (Å²) < 4.78 is 32.5. The maximum absolute atomic E-state index is 12.8. The number of ether oxygens (including phenoxy) is 1. The molecule has 0 saturated carbocycles. The van der Waals surface area contributed by atoms with Gasteiger partial charge in [-0.2, -0.15) is 4.31 Å². The summed E-state index contributed by atoms with van der Waals surface area (Å²) in [5, 5.41) is 3.21. The van der Waals surface area contributed by atoms with Crippen molar-refractivity contribution >= 4 is 33.2 Å². The molecule has 0 spiro atoms. The fraction of sp³-hybridized carbons (Fsp3) is 0.350. The quantitative estimate of drug-likeness (QED) is 0.765. The summed E-state index contributed by atoms with van der Waals surface area (Å²) in [7, 11) is -3.49. The Bertz CT molecular complexity index is 908. The molecule has 3 rings (SSSR count). The lowest BCUT2D eigenvalue weighted by Crippen LogP contribution is -2.31. The summed E-state index contributed by atoms with van der Waals surface area (Å²) in [6.07, 6.45) is 3.91. The van der Waals surface area contributed by atoms with E-state index >= 15 is 0 Å². The number of hydrogen-bond donors (Lipinski definition) is 1. The number of amides is 1. The van der Waals surface area contributed by atoms with Gasteiger partial charge in [0, 0.05) is 23.8 Å². The van der Waals surface area contributed by atoms with E-state index in [0.29, 0.717) is 29.5 Å². The number of halogens is 1. The van der Waals surface area contributed by atoms with E-state index in [-0.39, 0.29) is 17.4 Å². The number of benzene rings is 2. The third-order valence-corrected chi connectivity index (χ3v) is 6.65. The van der Waals surface area contributed by atoms with Crippen LogP contribution in [0.2, 0.25) is 5.02 Å². The Morgan fingerprint density at radius 3 is 2.36 bits per heavy atom. The van der Waals surface area contributed by atoms with Gasteiger partial charge in [0.1, 0.15) is 5.75 Å². The highest BCUT2D eigenvalue weighted by Crippen LogP contribution is 2.22. The number of rotatable bonds is 6. The highest BCUT2D eigenvalue weighted by Gasteiger charge is 2.25. The molecule has 1 heterocycles. The van der Waals surface area contributed by atoms with E-state index in [1.807, 2.05) is 0 Å². The van der Waals surface area contributed by atoms with Gasteiger partial charge in [-0.15, -0.1) is 0 Å². The van der Waals surface area contributed by atoms with Gasteiger partial charge in [0.15, 0.2) is 6.61 Å². The Morgan fingerprint density at radius 2 is 1.71 bits per heavy atom. The molecule has 0 atom stereocenters. The third-order valence-electron chi connectivity index (χ3n) is 4.50. The van der Waals surface area contributed by atoms with Crippen LogP contribution >= 0.6 is 11.6 Å². The number of nitrogens with zero attached hydrogens (tertiary/aromatic N) is 1. The molecule has 1 amide bonds. The van der Waals surface area contributed by atoms with Gasteiger partial charge in [0.2, 0.25) is 10.0 Å². The van der Waals surface area contributed by atoms with Crippen LogP contribution in [0.4, 0.5) is 5.69 Å². The molecule has 28 heavy (non-hydrogen) atoms. The van der Waals surface area contributed by atoms with E-state index in [9.17, 15) is 13.2 Å². The van der Waals surface area contributed by atoms with E-state index in [1.54, 1.807) is 40.7 Å². The molecule has 0 aliphatic carbocycles. The minimum Gasteiger partial charge on any atom is -0.484 e. The van der Waals surface area contributed by atoms with Crippen molar-refractivity contribution < 1.29 is 17.9 Å². The summed E-state index contributed by atoms with van der Waals surface area (Å²) >= 11 is 5.88. The topological polar surface area (TPSA) is 75.7 Å². The molecule has 1 saturated heterocycles. The second kappa shape index (κ2) is 9.41. The van der Waals surface area contributed by atoms with Crippen molar-refractivity contribution in [3.63, 3.8) is 0 Å². The standard InChI is InChI=1S/C20H23ClN2O4S/c21-16-6-5-7-17(14-16)22-20(24)15-27-18-8-10-19(11-9-18)28(25,26)23-12-3-1-2-4-13-23/h5-11,14H,1-4,12-13,15H2,(H,22,24). The number of nitrogens with one attached hydrogen (secondary N) is 1. The van der Waals surface area contributed by atoms with Crippen LogP contribution < -0.4 is 10.1 Å². The summed E-state index contributed by atoms with van der Waals surface area (Å²) in [5.41, 5.74) is 0.583. The van der Waals surface area contributed by atoms with Crippen LogP contribution in [0.1, 0.15) is 25.7 Å². The molecule has 150 valence electrons. The molecule has 0 unspecified atom stereocenters. The first-order valence-electron chi connectivity index (χ1n) is 9.23. The van der Waals surface area contributed by atoms with E-state index in [0.717, 1.165) is 25.7 Å². The molecule has 1 aliphatic heterocycles. The highest BCUT2D eigenvalue weighted by molar-refractivity contribution is 7.89. The average molecular weight is 423 g/mol. The molecule has 2 aromatic rings. The maximum Gasteiger partial charge on any atom is 0.262 e. The second-order valence-corrected chi connectivity index (χ2v) is 9.01. The van der Waals surface area contributed by atoms with E-state index in [4.69, 9.17) is 16.3 Å². The minimum absolute atomic E-state index is 0.190. The Balaban J connectivity index is 1.57. The highest BCUT2D eigenvalue weighted by atomic mass is 35.5. The molecule has 8 heteroatoms. The molecule has 6 nitrogen and oxygen atoms in total. The Hall–Kier alpha value is -2.09. The van der Waals surface area contributed by atoms with Crippen molar-refractivity contribution in [1.29, 1.82) is 0 Å². The molecule has 1 N–H and O–H groups in total. The van der Waals surface area contributed by atoms with E-state index in [2.05, 4.69) is 5.32 Å². The number of carbonyl (C=O) groups excluding carboxylic acids is 1. The monoisotopic (exact) mass is 422 g/mol. The molecule has 0 aromatic heterocycles. The molecule has 2 aromatic carbocycles. The predicted molar refractivity (Wildman–Crippen MR) is 109 cm³/mol. The number of anilines is 1. The zero-order valence-corrected chi connectivity index (χ0v) is 17.0. The van der Waals surface area contributed by atoms with Crippen molar-refractivity contribution in [3.05, 3.63) is 53.6 Å². The molecule has 1 aliphatic rings. The lowest BCUT2D eigenvalue weighted by Gasteiger charge is -2.20. The summed E-state index contributed by atoms with van der Waals surface area (Å²) in [5.74, 6) is 0.0968. The van der Waals surface area contributed by atoms with Gasteiger partial charge in [-0.05, 0) is 55.3 Å². The van der Waals surface area contributed by atoms with Crippen LogP contribution in [0.15, 0.2) is 53.4 Å². The largest absolute Gasteiger partial charge is 0.484 e. The molecular formula is C20H23ClN2O4S. The lowest BCUT2D eigenvalue weighted by atomic mass is 10.2. The van der Waals surface area contributed by atoms with Crippen molar-refractivity contribution in [2.75, 3.05) is 25.0 Å². The van der Waals surface area contributed by atoms with Gasteiger partial charge in [-0.1, -0.05) is 30.5 Å². The van der Waals surface area contributed by atoms with Crippen LogP contribution in [0.3, 0.4) is 0 Å². The number of carbonyl (C=O) groups is 1. The maximum atomic E-state index is 12.8. The van der Waals surface area contributed by atoms with Crippen LogP contribution in [0.5, 0.6) is 5.75 Å². The van der Waals surface area contributed by atoms with Crippen molar-refractivity contribution in [2.45, 2.75) is 30.6 Å². The van der Waals surface area contributed by atoms with Crippen LogP contribution in [-0.2, 0) is 14.8 Å². The van der Waals surface area contributed by atoms with Gasteiger partial charge in [-0.3, -0.25) is 4.79 Å². The van der Waals surface area contributed by atoms with Crippen molar-refractivity contribution in [1.82, 2.24) is 4.31 Å². The fourth-order valence-electron chi connectivity index (χ4n) is 3.05. The smallest absolute Gasteiger partial charge is 0.262 e. The summed E-state index contributed by atoms with van der Waals surface area (Å²) in [6, 6.07) is 13.0. The number of hydrogen-bond acceptors (Lipinski definition) is 4. The molecule has 1 fully saturated rings. The predicted octanol–water partition coefficient (Wildman–Crippen LogP) is 3.92. The van der Waals surface area contributed by atoms with Gasteiger partial charge in [0.25, 0.3) is 5.91 Å². The summed E-state index contributed by atoms with van der Waals surface area (Å²) in [6.45, 7) is 0.930. The van der Waals surface area contributed by atoms with Crippen LogP contribution in [-0.4, -0.2) is 38.3 Å². The van der Waals surface area contributed by atoms with Gasteiger partial charge in [0.05, 0.1) is 4.90 Å². The summed E-state index contributed by atoms with van der Waals surface area (Å²) in [4.78, 5) is 12.2. The minimum atomic E-state index is -3.49. The number of sulfonamides is 1. The first-order chi connectivity index (χ1) is 13.4. The fourth-order valence-corrected chi connectivity index (χ4v) is 4.76. The Kier molecular flexibility index (Phi) is 6.93. The normalized spacial score (nSPS) is 15.6. The van der Waals surface area contributed by atoms with E-state index in [1.165, 1.54) is 12.1 Å². The lowest BCUT2D eigenvalue weighted by molar-refractivity contribution is -0.118. The molecule has 0 bridgehead atoms. The first kappa shape index (κ1) is 20.6. The van der Waals surface area contributed by atoms with Gasteiger partial charge in [-0.25, -0.2) is 8.42 Å². The van der Waals surface area contributed by atoms with Crippen molar-refractivity contribution in [3.8, 4) is 5.75 Å². The van der Waals surface area contributed by atoms with E-state index < -0.39 is 10.0 Å². The molecule has 0 radical (unpaired) electrons. The van der Waals surface area contributed by atoms with Gasteiger partial charge >= 0.3 is 0 Å². The average Bonchev–Trinajstić information content (AvgIpc) is 2.97. The van der Waals surface area contributed by atoms with Crippen LogP contribution in [0.25, 0.3) is 0 Å². The zero-order valence-electron chi connectivity index (χ0n) is 15.4. The van der Waals surface area contributed by atoms with Gasteiger partial charge < -0.3 is 10.1 Å². The zero-order chi connectivity index (χ0) is 20.0. The second-order valence-electron chi connectivity index (χ2n) is 6.64. The van der Waals surface area contributed by atoms with Crippen LogP contribution in [0, 0.1) is 0 Å². The Labute approximate surface area is 170 Å². The molecular weight excluding hydrogens is 400 g/mol. The van der Waals surface area contributed by atoms with Crippen molar-refractivity contribution in [2.24, 2.45) is 0 Å². The first-order valence-corrected chi connectivity index (χ1v) is 11.1. The third kappa shape index (κ3) is 5.47. The SMILES string of the molecule is O=C(COc1ccc(S(=O)(=O)N2CCCCCC2)cc1)Nc1cccc(Cl)c1. The Morgan fingerprint density at radius 1 is 1.04 bits per heavy atom.